The van der Waals surface area contributed by atoms with Gasteiger partial charge in [-0.25, -0.2) is 0 Å². The highest BCUT2D eigenvalue weighted by Gasteiger charge is 2.82. The molecule has 5 N–H and O–H groups in total. The average molecular weight is 384 g/mol. The standard InChI is InChI=1S/C21H24N2O5/c1-28-13-4-2-12(3-5-13)21(18(23)27)15-7-6-14(19(15)10-11-19)20(21,17(22)26)9-8-16(24)25/h2-7,14-15H,8-11H2,1H3,(H2,22,26)(H2,23,27)(H,24,25)/t14-,15+,20+,21-/m1/s1. The summed E-state index contributed by atoms with van der Waals surface area (Å²) in [5.74, 6) is -2.30. The minimum Gasteiger partial charge on any atom is -0.497 e. The first-order valence-corrected chi connectivity index (χ1v) is 9.42. The number of hydrogen-bond acceptors (Lipinski definition) is 4. The SMILES string of the molecule is COc1ccc([C@]2(C(N)=O)[C@H]3C=C[C@H](C34CC4)[C@@]2(CCC(=O)O)C(N)=O)cc1. The van der Waals surface area contributed by atoms with Crippen LogP contribution in [0.25, 0.3) is 0 Å². The molecule has 0 aliphatic heterocycles. The lowest BCUT2D eigenvalue weighted by molar-refractivity contribution is -0.146. The Morgan fingerprint density at radius 3 is 2.14 bits per heavy atom. The van der Waals surface area contributed by atoms with Crippen LogP contribution in [0.5, 0.6) is 5.75 Å². The molecule has 0 saturated heterocycles. The predicted molar refractivity (Wildman–Crippen MR) is 100 cm³/mol. The number of carboxylic acid groups (broad SMARTS) is 1. The summed E-state index contributed by atoms with van der Waals surface area (Å²) >= 11 is 0. The van der Waals surface area contributed by atoms with Crippen LogP contribution in [0.4, 0.5) is 0 Å². The van der Waals surface area contributed by atoms with Gasteiger partial charge in [0.1, 0.15) is 5.75 Å². The average Bonchev–Trinajstić information content (AvgIpc) is 3.33. The normalized spacial score (nSPS) is 33.8. The number of hydrogen-bond donors (Lipinski definition) is 3. The van der Waals surface area contributed by atoms with Crippen LogP contribution in [-0.4, -0.2) is 30.0 Å². The van der Waals surface area contributed by atoms with Gasteiger partial charge in [0.15, 0.2) is 0 Å². The van der Waals surface area contributed by atoms with E-state index in [4.69, 9.17) is 16.2 Å². The van der Waals surface area contributed by atoms with E-state index in [1.54, 1.807) is 31.4 Å². The number of allylic oxidation sites excluding steroid dienone is 2. The highest BCUT2D eigenvalue weighted by atomic mass is 16.5. The third-order valence-electron chi connectivity index (χ3n) is 7.37. The summed E-state index contributed by atoms with van der Waals surface area (Å²) in [5.41, 5.74) is 9.59. The van der Waals surface area contributed by atoms with Gasteiger partial charge in [0, 0.05) is 12.3 Å². The van der Waals surface area contributed by atoms with Crippen LogP contribution in [-0.2, 0) is 19.8 Å². The number of carboxylic acids is 1. The zero-order chi connectivity index (χ0) is 20.3. The van der Waals surface area contributed by atoms with Gasteiger partial charge in [0.05, 0.1) is 17.9 Å². The van der Waals surface area contributed by atoms with E-state index in [1.807, 2.05) is 12.2 Å². The molecule has 3 aliphatic carbocycles. The van der Waals surface area contributed by atoms with Crippen molar-refractivity contribution in [1.29, 1.82) is 0 Å². The summed E-state index contributed by atoms with van der Waals surface area (Å²) in [6.45, 7) is 0. The number of rotatable bonds is 7. The van der Waals surface area contributed by atoms with Gasteiger partial charge in [-0.15, -0.1) is 0 Å². The number of nitrogens with two attached hydrogens (primary N) is 2. The largest absolute Gasteiger partial charge is 0.497 e. The summed E-state index contributed by atoms with van der Waals surface area (Å²) in [6.07, 6.45) is 5.37. The molecular formula is C21H24N2O5. The van der Waals surface area contributed by atoms with Gasteiger partial charge in [-0.1, -0.05) is 24.3 Å². The number of methoxy groups -OCH3 is 1. The summed E-state index contributed by atoms with van der Waals surface area (Å²) in [6, 6.07) is 6.93. The van der Waals surface area contributed by atoms with Crippen molar-refractivity contribution in [2.75, 3.05) is 7.11 Å². The Labute approximate surface area is 162 Å². The highest BCUT2D eigenvalue weighted by Crippen LogP contribution is 2.80. The molecule has 3 aliphatic rings. The fourth-order valence-electron chi connectivity index (χ4n) is 6.25. The van der Waals surface area contributed by atoms with Gasteiger partial charge in [-0.05, 0) is 48.3 Å². The summed E-state index contributed by atoms with van der Waals surface area (Å²) in [5, 5.41) is 9.33. The molecule has 0 unspecified atom stereocenters. The zero-order valence-electron chi connectivity index (χ0n) is 15.7. The van der Waals surface area contributed by atoms with Gasteiger partial charge in [0.25, 0.3) is 0 Å². The number of carbonyl (C=O) groups is 3. The molecule has 2 amide bonds. The van der Waals surface area contributed by atoms with Crippen LogP contribution in [0.15, 0.2) is 36.4 Å². The lowest BCUT2D eigenvalue weighted by atomic mass is 9.52. The number of carbonyl (C=O) groups excluding carboxylic acids is 2. The monoisotopic (exact) mass is 384 g/mol. The number of aliphatic carboxylic acids is 1. The Hall–Kier alpha value is -2.83. The second kappa shape index (κ2) is 5.83. The quantitative estimate of drug-likeness (QED) is 0.610. The van der Waals surface area contributed by atoms with Crippen molar-refractivity contribution in [2.24, 2.45) is 34.1 Å². The molecular weight excluding hydrogens is 360 g/mol. The van der Waals surface area contributed by atoms with Crippen LogP contribution in [0.3, 0.4) is 0 Å². The number of primary amides is 2. The van der Waals surface area contributed by atoms with Crippen LogP contribution >= 0.6 is 0 Å². The molecule has 2 bridgehead atoms. The van der Waals surface area contributed by atoms with E-state index >= 15 is 0 Å². The zero-order valence-corrected chi connectivity index (χ0v) is 15.7. The maximum atomic E-state index is 13.2. The van der Waals surface area contributed by atoms with Crippen molar-refractivity contribution in [3.05, 3.63) is 42.0 Å². The molecule has 0 heterocycles. The number of benzene rings is 1. The van der Waals surface area contributed by atoms with E-state index in [-0.39, 0.29) is 30.1 Å². The Kier molecular flexibility index (Phi) is 3.86. The maximum Gasteiger partial charge on any atom is 0.303 e. The predicted octanol–water partition coefficient (Wildman–Crippen LogP) is 1.35. The van der Waals surface area contributed by atoms with Crippen LogP contribution in [0, 0.1) is 22.7 Å². The third-order valence-corrected chi connectivity index (χ3v) is 7.37. The van der Waals surface area contributed by atoms with E-state index < -0.39 is 28.6 Å². The van der Waals surface area contributed by atoms with Crippen LogP contribution < -0.4 is 16.2 Å². The molecule has 1 spiro atoms. The van der Waals surface area contributed by atoms with Gasteiger partial charge in [0.2, 0.25) is 11.8 Å². The third kappa shape index (κ3) is 1.96. The van der Waals surface area contributed by atoms with Crippen molar-refractivity contribution in [1.82, 2.24) is 0 Å². The molecule has 4 atom stereocenters. The second-order valence-corrected chi connectivity index (χ2v) is 8.20. The summed E-state index contributed by atoms with van der Waals surface area (Å²) in [7, 11) is 1.54. The van der Waals surface area contributed by atoms with Crippen LogP contribution in [0.2, 0.25) is 0 Å². The van der Waals surface area contributed by atoms with E-state index in [1.165, 1.54) is 0 Å². The number of ether oxygens (including phenoxy) is 1. The highest BCUT2D eigenvalue weighted by molar-refractivity contribution is 6.00. The fourth-order valence-corrected chi connectivity index (χ4v) is 6.25. The first-order valence-electron chi connectivity index (χ1n) is 9.42. The smallest absolute Gasteiger partial charge is 0.303 e. The fraction of sp³-hybridized carbons (Fsp3) is 0.476. The molecule has 4 rings (SSSR count). The summed E-state index contributed by atoms with van der Waals surface area (Å²) < 4.78 is 5.22. The van der Waals surface area contributed by atoms with Crippen molar-refractivity contribution in [3.8, 4) is 5.75 Å². The lowest BCUT2D eigenvalue weighted by Gasteiger charge is -2.48. The van der Waals surface area contributed by atoms with E-state index in [0.29, 0.717) is 11.3 Å². The van der Waals surface area contributed by atoms with Gasteiger partial charge < -0.3 is 21.3 Å². The molecule has 7 nitrogen and oxygen atoms in total. The van der Waals surface area contributed by atoms with Crippen molar-refractivity contribution >= 4 is 17.8 Å². The van der Waals surface area contributed by atoms with Gasteiger partial charge in [-0.3, -0.25) is 14.4 Å². The molecule has 2 saturated carbocycles. The minimum absolute atomic E-state index is 0.0279. The molecule has 0 aromatic heterocycles. The van der Waals surface area contributed by atoms with E-state index in [2.05, 4.69) is 0 Å². The molecule has 1 aromatic carbocycles. The van der Waals surface area contributed by atoms with Crippen molar-refractivity contribution in [3.63, 3.8) is 0 Å². The van der Waals surface area contributed by atoms with Crippen molar-refractivity contribution in [2.45, 2.75) is 31.1 Å². The molecule has 2 fully saturated rings. The first-order chi connectivity index (χ1) is 13.3. The molecule has 148 valence electrons. The topological polar surface area (TPSA) is 133 Å². The second-order valence-electron chi connectivity index (χ2n) is 8.20. The van der Waals surface area contributed by atoms with E-state index in [9.17, 15) is 19.5 Å². The molecule has 1 aromatic rings. The molecule has 7 heteroatoms. The maximum absolute atomic E-state index is 13.2. The first kappa shape index (κ1) is 18.5. The number of amides is 2. The Bertz CT molecular complexity index is 889. The van der Waals surface area contributed by atoms with Gasteiger partial charge in [-0.2, -0.15) is 0 Å². The minimum atomic E-state index is -1.38. The molecule has 28 heavy (non-hydrogen) atoms. The van der Waals surface area contributed by atoms with E-state index in [0.717, 1.165) is 12.8 Å². The van der Waals surface area contributed by atoms with Gasteiger partial charge >= 0.3 is 5.97 Å². The Balaban J connectivity index is 2.00. The molecule has 0 radical (unpaired) electrons. The van der Waals surface area contributed by atoms with Crippen molar-refractivity contribution < 1.29 is 24.2 Å². The summed E-state index contributed by atoms with van der Waals surface area (Å²) in [4.78, 5) is 37.6. The lowest BCUT2D eigenvalue weighted by Crippen LogP contribution is -2.62. The van der Waals surface area contributed by atoms with Crippen LogP contribution in [0.1, 0.15) is 31.2 Å². The Morgan fingerprint density at radius 2 is 1.68 bits per heavy atom. The Morgan fingerprint density at radius 1 is 1.07 bits per heavy atom.